The topological polar surface area (TPSA) is 62.7 Å². The van der Waals surface area contributed by atoms with Crippen molar-refractivity contribution in [3.63, 3.8) is 0 Å². The standard InChI is InChI=1S/C14H19ClN2O3/c1-2-20-14(19)11-8-16-13(15)7-12(11)17-5-3-10(9-18)4-6-17/h7-8,10,18H,2-6,9H2,1H3. The number of carbonyl (C=O) groups excluding carboxylic acids is 1. The van der Waals surface area contributed by atoms with E-state index in [1.807, 2.05) is 0 Å². The highest BCUT2D eigenvalue weighted by Crippen LogP contribution is 2.28. The SMILES string of the molecule is CCOC(=O)c1cnc(Cl)cc1N1CCC(CO)CC1. The highest BCUT2D eigenvalue weighted by Gasteiger charge is 2.23. The van der Waals surface area contributed by atoms with E-state index < -0.39 is 0 Å². The molecule has 0 saturated carbocycles. The summed E-state index contributed by atoms with van der Waals surface area (Å²) in [6.07, 6.45) is 3.27. The van der Waals surface area contributed by atoms with Gasteiger partial charge in [-0.1, -0.05) is 11.6 Å². The van der Waals surface area contributed by atoms with Crippen molar-refractivity contribution in [1.82, 2.24) is 4.98 Å². The number of ether oxygens (including phenoxy) is 1. The van der Waals surface area contributed by atoms with Crippen molar-refractivity contribution >= 4 is 23.3 Å². The van der Waals surface area contributed by atoms with Crippen molar-refractivity contribution < 1.29 is 14.6 Å². The number of aromatic nitrogens is 1. The first-order chi connectivity index (χ1) is 9.65. The maximum atomic E-state index is 12.0. The first-order valence-corrected chi connectivity index (χ1v) is 7.22. The number of piperidine rings is 1. The second-order valence-corrected chi connectivity index (χ2v) is 5.24. The molecule has 2 heterocycles. The summed E-state index contributed by atoms with van der Waals surface area (Å²) in [7, 11) is 0. The molecule has 1 aliphatic rings. The Balaban J connectivity index is 2.21. The zero-order chi connectivity index (χ0) is 14.5. The third-order valence-electron chi connectivity index (χ3n) is 3.56. The molecule has 0 radical (unpaired) electrons. The van der Waals surface area contributed by atoms with Crippen LogP contribution < -0.4 is 4.90 Å². The van der Waals surface area contributed by atoms with Gasteiger partial charge in [0.1, 0.15) is 10.7 Å². The largest absolute Gasteiger partial charge is 0.462 e. The zero-order valence-corrected chi connectivity index (χ0v) is 12.3. The molecule has 5 nitrogen and oxygen atoms in total. The van der Waals surface area contributed by atoms with Crippen LogP contribution in [0.1, 0.15) is 30.1 Å². The monoisotopic (exact) mass is 298 g/mol. The predicted molar refractivity (Wildman–Crippen MR) is 77.2 cm³/mol. The first-order valence-electron chi connectivity index (χ1n) is 6.84. The number of aliphatic hydroxyl groups excluding tert-OH is 1. The molecule has 110 valence electrons. The van der Waals surface area contributed by atoms with E-state index in [4.69, 9.17) is 16.3 Å². The summed E-state index contributed by atoms with van der Waals surface area (Å²) in [6, 6.07) is 1.70. The zero-order valence-electron chi connectivity index (χ0n) is 11.5. The number of hydrogen-bond donors (Lipinski definition) is 1. The van der Waals surface area contributed by atoms with Crippen molar-refractivity contribution in [3.05, 3.63) is 23.0 Å². The maximum Gasteiger partial charge on any atom is 0.341 e. The van der Waals surface area contributed by atoms with Gasteiger partial charge >= 0.3 is 5.97 Å². The van der Waals surface area contributed by atoms with Crippen LogP contribution in [0.2, 0.25) is 5.15 Å². The van der Waals surface area contributed by atoms with Crippen LogP contribution in [0.5, 0.6) is 0 Å². The van der Waals surface area contributed by atoms with Crippen LogP contribution in [-0.4, -0.2) is 42.4 Å². The quantitative estimate of drug-likeness (QED) is 0.681. The number of rotatable bonds is 4. The van der Waals surface area contributed by atoms with Crippen molar-refractivity contribution in [1.29, 1.82) is 0 Å². The third kappa shape index (κ3) is 3.41. The molecule has 20 heavy (non-hydrogen) atoms. The van der Waals surface area contributed by atoms with Gasteiger partial charge in [-0.05, 0) is 31.7 Å². The van der Waals surface area contributed by atoms with E-state index in [-0.39, 0.29) is 12.6 Å². The number of hydrogen-bond acceptors (Lipinski definition) is 5. The van der Waals surface area contributed by atoms with E-state index in [0.29, 0.717) is 23.2 Å². The van der Waals surface area contributed by atoms with E-state index in [2.05, 4.69) is 9.88 Å². The number of anilines is 1. The van der Waals surface area contributed by atoms with Crippen LogP contribution in [0.15, 0.2) is 12.3 Å². The van der Waals surface area contributed by atoms with E-state index in [1.165, 1.54) is 6.20 Å². The van der Waals surface area contributed by atoms with Gasteiger partial charge in [0.15, 0.2) is 0 Å². The van der Waals surface area contributed by atoms with Crippen LogP contribution in [-0.2, 0) is 4.74 Å². The van der Waals surface area contributed by atoms with Crippen molar-refractivity contribution in [3.8, 4) is 0 Å². The van der Waals surface area contributed by atoms with Gasteiger partial charge in [0.25, 0.3) is 0 Å². The lowest BCUT2D eigenvalue weighted by Gasteiger charge is -2.33. The van der Waals surface area contributed by atoms with Gasteiger partial charge in [0.05, 0.1) is 12.3 Å². The summed E-state index contributed by atoms with van der Waals surface area (Å²) in [6.45, 7) is 3.90. The molecule has 1 saturated heterocycles. The number of aliphatic hydroxyl groups is 1. The average Bonchev–Trinajstić information content (AvgIpc) is 2.47. The molecule has 0 spiro atoms. The van der Waals surface area contributed by atoms with Crippen molar-refractivity contribution in [2.24, 2.45) is 5.92 Å². The van der Waals surface area contributed by atoms with E-state index in [1.54, 1.807) is 13.0 Å². The van der Waals surface area contributed by atoms with Crippen molar-refractivity contribution in [2.45, 2.75) is 19.8 Å². The smallest absolute Gasteiger partial charge is 0.341 e. The molecule has 1 fully saturated rings. The average molecular weight is 299 g/mol. The second-order valence-electron chi connectivity index (χ2n) is 4.86. The number of halogens is 1. The molecule has 0 amide bonds. The fraction of sp³-hybridized carbons (Fsp3) is 0.571. The number of pyridine rings is 1. The van der Waals surface area contributed by atoms with E-state index in [0.717, 1.165) is 31.6 Å². The lowest BCUT2D eigenvalue weighted by Crippen LogP contribution is -2.35. The molecular formula is C14H19ClN2O3. The van der Waals surface area contributed by atoms with Crippen molar-refractivity contribution in [2.75, 3.05) is 31.2 Å². The Hall–Kier alpha value is -1.33. The molecule has 0 aliphatic carbocycles. The Morgan fingerprint density at radius 2 is 2.25 bits per heavy atom. The fourth-order valence-electron chi connectivity index (χ4n) is 2.40. The Labute approximate surface area is 123 Å². The summed E-state index contributed by atoms with van der Waals surface area (Å²) in [4.78, 5) is 18.0. The highest BCUT2D eigenvalue weighted by atomic mass is 35.5. The molecule has 1 aromatic heterocycles. The van der Waals surface area contributed by atoms with Crippen LogP contribution in [0.3, 0.4) is 0 Å². The van der Waals surface area contributed by atoms with Gasteiger partial charge < -0.3 is 14.7 Å². The summed E-state index contributed by atoms with van der Waals surface area (Å²) >= 11 is 5.94. The van der Waals surface area contributed by atoms with Gasteiger partial charge in [-0.2, -0.15) is 0 Å². The molecule has 0 bridgehead atoms. The molecule has 0 atom stereocenters. The Morgan fingerprint density at radius 3 is 2.85 bits per heavy atom. The molecule has 2 rings (SSSR count). The predicted octanol–water partition coefficient (Wildman–Crippen LogP) is 2.12. The molecule has 6 heteroatoms. The lowest BCUT2D eigenvalue weighted by molar-refractivity contribution is 0.0526. The Bertz CT molecular complexity index is 473. The van der Waals surface area contributed by atoms with E-state index >= 15 is 0 Å². The third-order valence-corrected chi connectivity index (χ3v) is 3.76. The lowest BCUT2D eigenvalue weighted by atomic mass is 9.97. The first kappa shape index (κ1) is 15.1. The second kappa shape index (κ2) is 6.90. The normalized spacial score (nSPS) is 16.2. The van der Waals surface area contributed by atoms with Crippen LogP contribution in [0.25, 0.3) is 0 Å². The van der Waals surface area contributed by atoms with Crippen LogP contribution in [0, 0.1) is 5.92 Å². The summed E-state index contributed by atoms with van der Waals surface area (Å²) < 4.78 is 5.05. The van der Waals surface area contributed by atoms with Gasteiger partial charge in [0, 0.05) is 25.9 Å². The summed E-state index contributed by atoms with van der Waals surface area (Å²) in [5.74, 6) is -0.0365. The Kier molecular flexibility index (Phi) is 5.20. The van der Waals surface area contributed by atoms with Gasteiger partial charge in [0.2, 0.25) is 0 Å². The Morgan fingerprint density at radius 1 is 1.55 bits per heavy atom. The minimum absolute atomic E-state index is 0.218. The highest BCUT2D eigenvalue weighted by molar-refractivity contribution is 6.29. The molecule has 0 aromatic carbocycles. The number of nitrogens with zero attached hydrogens (tertiary/aromatic N) is 2. The van der Waals surface area contributed by atoms with Gasteiger partial charge in [-0.25, -0.2) is 9.78 Å². The molecule has 0 unspecified atom stereocenters. The van der Waals surface area contributed by atoms with Crippen LogP contribution in [0.4, 0.5) is 5.69 Å². The molecule has 1 N–H and O–H groups in total. The summed E-state index contributed by atoms with van der Waals surface area (Å²) in [5, 5.41) is 9.54. The van der Waals surface area contributed by atoms with Crippen LogP contribution >= 0.6 is 11.6 Å². The maximum absolute atomic E-state index is 12.0. The molecule has 1 aromatic rings. The number of esters is 1. The minimum Gasteiger partial charge on any atom is -0.462 e. The fourth-order valence-corrected chi connectivity index (χ4v) is 2.56. The number of carbonyl (C=O) groups is 1. The molecule has 1 aliphatic heterocycles. The minimum atomic E-state index is -0.379. The van der Waals surface area contributed by atoms with Gasteiger partial charge in [-0.3, -0.25) is 0 Å². The van der Waals surface area contributed by atoms with E-state index in [9.17, 15) is 9.90 Å². The summed E-state index contributed by atoms with van der Waals surface area (Å²) in [5.41, 5.74) is 1.21. The van der Waals surface area contributed by atoms with Gasteiger partial charge in [-0.15, -0.1) is 0 Å². The molecular weight excluding hydrogens is 280 g/mol.